The quantitative estimate of drug-likeness (QED) is 0.767. The number of carbonyl (C=O) groups is 1. The molecule has 1 atom stereocenters. The zero-order valence-electron chi connectivity index (χ0n) is 8.10. The van der Waals surface area contributed by atoms with Crippen LogP contribution in [0.4, 0.5) is 0 Å². The first kappa shape index (κ1) is 10.7. The van der Waals surface area contributed by atoms with Gasteiger partial charge in [-0.05, 0) is 17.5 Å². The third-order valence-electron chi connectivity index (χ3n) is 2.14. The smallest absolute Gasteiger partial charge is 0.306 e. The van der Waals surface area contributed by atoms with Gasteiger partial charge in [0.25, 0.3) is 0 Å². The second kappa shape index (κ2) is 4.77. The van der Waals surface area contributed by atoms with Crippen molar-refractivity contribution in [2.24, 2.45) is 0 Å². The lowest BCUT2D eigenvalue weighted by atomic mass is 10.0. The molecular formula is C11H14O3. The van der Waals surface area contributed by atoms with Crippen LogP contribution < -0.4 is 0 Å². The highest BCUT2D eigenvalue weighted by atomic mass is 16.4. The van der Waals surface area contributed by atoms with E-state index < -0.39 is 12.1 Å². The summed E-state index contributed by atoms with van der Waals surface area (Å²) in [5.74, 6) is -0.989. The van der Waals surface area contributed by atoms with Crippen molar-refractivity contribution in [2.75, 3.05) is 0 Å². The number of benzene rings is 1. The van der Waals surface area contributed by atoms with Crippen molar-refractivity contribution in [1.82, 2.24) is 0 Å². The van der Waals surface area contributed by atoms with Gasteiger partial charge < -0.3 is 10.2 Å². The molecule has 0 aliphatic carbocycles. The Hall–Kier alpha value is -1.35. The largest absolute Gasteiger partial charge is 0.481 e. The van der Waals surface area contributed by atoms with Crippen LogP contribution in [0, 0.1) is 0 Å². The van der Waals surface area contributed by atoms with Gasteiger partial charge in [0.05, 0.1) is 12.5 Å². The van der Waals surface area contributed by atoms with Gasteiger partial charge >= 0.3 is 5.97 Å². The van der Waals surface area contributed by atoms with Crippen molar-refractivity contribution >= 4 is 5.97 Å². The summed E-state index contributed by atoms with van der Waals surface area (Å²) in [6.07, 6.45) is -0.209. The van der Waals surface area contributed by atoms with Crippen molar-refractivity contribution in [1.29, 1.82) is 0 Å². The van der Waals surface area contributed by atoms with Crippen molar-refractivity contribution < 1.29 is 15.0 Å². The van der Waals surface area contributed by atoms with Crippen LogP contribution in [0.15, 0.2) is 24.3 Å². The van der Waals surface area contributed by atoms with Gasteiger partial charge in [-0.3, -0.25) is 4.79 Å². The molecule has 76 valence electrons. The van der Waals surface area contributed by atoms with Crippen molar-refractivity contribution in [3.05, 3.63) is 35.4 Å². The summed E-state index contributed by atoms with van der Waals surface area (Å²) in [7, 11) is 0. The van der Waals surface area contributed by atoms with Gasteiger partial charge in [0.2, 0.25) is 0 Å². The molecule has 0 aliphatic heterocycles. The molecule has 0 amide bonds. The molecule has 1 rings (SSSR count). The number of hydrogen-bond donors (Lipinski definition) is 2. The summed E-state index contributed by atoms with van der Waals surface area (Å²) in [5.41, 5.74) is 1.83. The van der Waals surface area contributed by atoms with Gasteiger partial charge in [0, 0.05) is 0 Å². The number of aliphatic hydroxyl groups excluding tert-OH is 1. The predicted molar refractivity (Wildman–Crippen MR) is 53.0 cm³/mol. The van der Waals surface area contributed by atoms with E-state index in [2.05, 4.69) is 0 Å². The maximum absolute atomic E-state index is 10.3. The van der Waals surface area contributed by atoms with Crippen LogP contribution in [-0.2, 0) is 11.2 Å². The molecule has 0 spiro atoms. The van der Waals surface area contributed by atoms with E-state index in [1.807, 2.05) is 19.1 Å². The fourth-order valence-electron chi connectivity index (χ4n) is 1.26. The Morgan fingerprint density at radius 3 is 2.36 bits per heavy atom. The van der Waals surface area contributed by atoms with Crippen LogP contribution in [0.25, 0.3) is 0 Å². The predicted octanol–water partition coefficient (Wildman–Crippen LogP) is 1.76. The fraction of sp³-hybridized carbons (Fsp3) is 0.364. The highest BCUT2D eigenvalue weighted by Crippen LogP contribution is 2.17. The van der Waals surface area contributed by atoms with Crippen LogP contribution in [0.2, 0.25) is 0 Å². The summed E-state index contributed by atoms with van der Waals surface area (Å²) < 4.78 is 0. The maximum Gasteiger partial charge on any atom is 0.306 e. The molecule has 1 aromatic carbocycles. The monoisotopic (exact) mass is 194 g/mol. The second-order valence-corrected chi connectivity index (χ2v) is 3.21. The highest BCUT2D eigenvalue weighted by molar-refractivity contribution is 5.67. The van der Waals surface area contributed by atoms with E-state index in [9.17, 15) is 9.90 Å². The highest BCUT2D eigenvalue weighted by Gasteiger charge is 2.11. The van der Waals surface area contributed by atoms with Crippen LogP contribution >= 0.6 is 0 Å². The average molecular weight is 194 g/mol. The maximum atomic E-state index is 10.3. The van der Waals surface area contributed by atoms with E-state index in [1.165, 1.54) is 5.56 Å². The minimum absolute atomic E-state index is 0.245. The van der Waals surface area contributed by atoms with Crippen LogP contribution in [0.5, 0.6) is 0 Å². The van der Waals surface area contributed by atoms with E-state index in [0.717, 1.165) is 6.42 Å². The SMILES string of the molecule is CCc1ccc(C(O)CC(=O)O)cc1. The Bertz CT molecular complexity index is 303. The number of carboxylic acid groups (broad SMARTS) is 1. The van der Waals surface area contributed by atoms with E-state index in [-0.39, 0.29) is 6.42 Å². The number of carboxylic acids is 1. The van der Waals surface area contributed by atoms with Gasteiger partial charge in [-0.1, -0.05) is 31.2 Å². The topological polar surface area (TPSA) is 57.5 Å². The Kier molecular flexibility index (Phi) is 3.65. The summed E-state index contributed by atoms with van der Waals surface area (Å²) in [5, 5.41) is 18.0. The molecule has 0 fully saturated rings. The normalized spacial score (nSPS) is 12.4. The molecule has 0 heterocycles. The van der Waals surface area contributed by atoms with Crippen LogP contribution in [0.1, 0.15) is 30.6 Å². The first-order valence-corrected chi connectivity index (χ1v) is 4.62. The number of hydrogen-bond acceptors (Lipinski definition) is 2. The van der Waals surface area contributed by atoms with Crippen molar-refractivity contribution in [3.8, 4) is 0 Å². The molecule has 3 nitrogen and oxygen atoms in total. The number of aliphatic hydroxyl groups is 1. The Balaban J connectivity index is 2.71. The molecule has 0 bridgehead atoms. The summed E-state index contributed by atoms with van der Waals surface area (Å²) in [6.45, 7) is 2.04. The third kappa shape index (κ3) is 2.85. The molecule has 2 N–H and O–H groups in total. The summed E-state index contributed by atoms with van der Waals surface area (Å²) in [6, 6.07) is 7.35. The van der Waals surface area contributed by atoms with E-state index in [1.54, 1.807) is 12.1 Å². The van der Waals surface area contributed by atoms with Crippen molar-refractivity contribution in [2.45, 2.75) is 25.9 Å². The molecule has 0 aliphatic rings. The van der Waals surface area contributed by atoms with Crippen LogP contribution in [-0.4, -0.2) is 16.2 Å². The third-order valence-corrected chi connectivity index (χ3v) is 2.14. The molecule has 0 aromatic heterocycles. The lowest BCUT2D eigenvalue weighted by molar-refractivity contribution is -0.139. The van der Waals surface area contributed by atoms with E-state index >= 15 is 0 Å². The first-order chi connectivity index (χ1) is 6.63. The molecular weight excluding hydrogens is 180 g/mol. The second-order valence-electron chi connectivity index (χ2n) is 3.21. The van der Waals surface area contributed by atoms with Gasteiger partial charge in [0.1, 0.15) is 0 Å². The molecule has 14 heavy (non-hydrogen) atoms. The molecule has 3 heteroatoms. The zero-order chi connectivity index (χ0) is 10.6. The number of aryl methyl sites for hydroxylation is 1. The molecule has 1 aromatic rings. The van der Waals surface area contributed by atoms with Gasteiger partial charge in [-0.25, -0.2) is 0 Å². The Labute approximate surface area is 83.0 Å². The Morgan fingerprint density at radius 1 is 1.36 bits per heavy atom. The average Bonchev–Trinajstić information content (AvgIpc) is 2.17. The van der Waals surface area contributed by atoms with Crippen molar-refractivity contribution in [3.63, 3.8) is 0 Å². The Morgan fingerprint density at radius 2 is 1.93 bits per heavy atom. The molecule has 0 saturated heterocycles. The first-order valence-electron chi connectivity index (χ1n) is 4.62. The standard InChI is InChI=1S/C11H14O3/c1-2-8-3-5-9(6-4-8)10(12)7-11(13)14/h3-6,10,12H,2,7H2,1H3,(H,13,14). The van der Waals surface area contributed by atoms with Gasteiger partial charge in [0.15, 0.2) is 0 Å². The fourth-order valence-corrected chi connectivity index (χ4v) is 1.26. The van der Waals surface area contributed by atoms with Crippen LogP contribution in [0.3, 0.4) is 0 Å². The minimum Gasteiger partial charge on any atom is -0.481 e. The zero-order valence-corrected chi connectivity index (χ0v) is 8.10. The summed E-state index contributed by atoms with van der Waals surface area (Å²) >= 11 is 0. The van der Waals surface area contributed by atoms with E-state index in [0.29, 0.717) is 5.56 Å². The number of aliphatic carboxylic acids is 1. The van der Waals surface area contributed by atoms with Gasteiger partial charge in [-0.15, -0.1) is 0 Å². The molecule has 1 unspecified atom stereocenters. The number of rotatable bonds is 4. The lowest BCUT2D eigenvalue weighted by Gasteiger charge is -2.08. The summed E-state index contributed by atoms with van der Waals surface area (Å²) in [4.78, 5) is 10.3. The minimum atomic E-state index is -0.989. The van der Waals surface area contributed by atoms with E-state index in [4.69, 9.17) is 5.11 Å². The molecule has 0 saturated carbocycles. The lowest BCUT2D eigenvalue weighted by Crippen LogP contribution is -2.05. The van der Waals surface area contributed by atoms with Gasteiger partial charge in [-0.2, -0.15) is 0 Å². The molecule has 0 radical (unpaired) electrons.